The average Bonchev–Trinajstić information content (AvgIpc) is 2.86. The van der Waals surface area contributed by atoms with Crippen LogP contribution in [-0.2, 0) is 13.0 Å². The lowest BCUT2D eigenvalue weighted by Crippen LogP contribution is -2.41. The fourth-order valence-corrected chi connectivity index (χ4v) is 4.84. The van der Waals surface area contributed by atoms with Crippen molar-refractivity contribution in [3.8, 4) is 17.1 Å². The van der Waals surface area contributed by atoms with Gasteiger partial charge in [-0.2, -0.15) is 0 Å². The summed E-state index contributed by atoms with van der Waals surface area (Å²) in [5, 5.41) is 0.550. The number of fused-ring (bicyclic) bond motifs is 1. The summed E-state index contributed by atoms with van der Waals surface area (Å²) in [5.74, 6) is -0.156. The molecule has 2 aromatic carbocycles. The zero-order chi connectivity index (χ0) is 25.4. The molecule has 0 saturated carbocycles. The number of nitrogens with zero attached hydrogens (tertiary/aromatic N) is 4. The minimum absolute atomic E-state index is 0.103. The number of carbonyl (C=O) groups excluding carboxylic acids is 1. The van der Waals surface area contributed by atoms with Gasteiger partial charge in [0.05, 0.1) is 35.8 Å². The summed E-state index contributed by atoms with van der Waals surface area (Å²) in [5.41, 5.74) is 10.0. The van der Waals surface area contributed by atoms with E-state index in [0.29, 0.717) is 45.5 Å². The highest BCUT2D eigenvalue weighted by Gasteiger charge is 2.37. The Kier molecular flexibility index (Phi) is 6.28. The average molecular weight is 504 g/mol. The SMILES string of the molecule is COc1cccc(-c2cc(F)ccc2C2Cc3nc(N)nc(C)c3C(=O)N2Cc2ccccc2Cl)n1. The van der Waals surface area contributed by atoms with Crippen LogP contribution in [0.5, 0.6) is 5.88 Å². The van der Waals surface area contributed by atoms with Gasteiger partial charge in [0.2, 0.25) is 11.8 Å². The normalized spacial score (nSPS) is 15.1. The van der Waals surface area contributed by atoms with Gasteiger partial charge in [-0.3, -0.25) is 4.79 Å². The molecular weight excluding hydrogens is 481 g/mol. The van der Waals surface area contributed by atoms with E-state index in [2.05, 4.69) is 15.0 Å². The van der Waals surface area contributed by atoms with Crippen LogP contribution in [0.2, 0.25) is 5.02 Å². The first-order chi connectivity index (χ1) is 17.4. The van der Waals surface area contributed by atoms with E-state index < -0.39 is 11.9 Å². The van der Waals surface area contributed by atoms with E-state index >= 15 is 0 Å². The fraction of sp³-hybridized carbons (Fsp3) is 0.185. The Morgan fingerprint density at radius 3 is 2.69 bits per heavy atom. The molecule has 2 N–H and O–H groups in total. The summed E-state index contributed by atoms with van der Waals surface area (Å²) < 4.78 is 19.8. The van der Waals surface area contributed by atoms with Crippen molar-refractivity contribution in [2.45, 2.75) is 25.9 Å². The second kappa shape index (κ2) is 9.54. The van der Waals surface area contributed by atoms with Crippen LogP contribution < -0.4 is 10.5 Å². The molecule has 1 aliphatic rings. The second-order valence-electron chi connectivity index (χ2n) is 8.53. The standard InChI is InChI=1S/C27H23ClFN5O2/c1-15-25-22(33-27(30)31-15)13-23(34(26(25)35)14-16-6-3-4-7-20(16)28)18-11-10-17(29)12-19(18)21-8-5-9-24(32-21)36-2/h3-12,23H,13-14H2,1-2H3,(H2,30,31,33). The molecule has 3 heterocycles. The van der Waals surface area contributed by atoms with Crippen LogP contribution in [0.4, 0.5) is 10.3 Å². The van der Waals surface area contributed by atoms with E-state index in [9.17, 15) is 9.18 Å². The number of anilines is 1. The van der Waals surface area contributed by atoms with Gasteiger partial charge in [-0.15, -0.1) is 0 Å². The molecule has 0 spiro atoms. The molecular formula is C27H23ClFN5O2. The molecule has 0 saturated heterocycles. The highest BCUT2D eigenvalue weighted by atomic mass is 35.5. The predicted molar refractivity (Wildman–Crippen MR) is 135 cm³/mol. The van der Waals surface area contributed by atoms with Crippen molar-refractivity contribution in [3.05, 3.63) is 99.6 Å². The lowest BCUT2D eigenvalue weighted by atomic mass is 9.88. The number of ether oxygens (including phenoxy) is 1. The van der Waals surface area contributed by atoms with Gasteiger partial charge in [0.25, 0.3) is 5.91 Å². The van der Waals surface area contributed by atoms with Crippen LogP contribution in [0.15, 0.2) is 60.7 Å². The third kappa shape index (κ3) is 4.35. The highest BCUT2D eigenvalue weighted by Crippen LogP contribution is 2.40. The van der Waals surface area contributed by atoms with E-state index in [-0.39, 0.29) is 18.4 Å². The number of amides is 1. The maximum absolute atomic E-state index is 14.5. The molecule has 0 radical (unpaired) electrons. The zero-order valence-corrected chi connectivity index (χ0v) is 20.5. The molecule has 1 atom stereocenters. The summed E-state index contributed by atoms with van der Waals surface area (Å²) >= 11 is 6.47. The number of halogens is 2. The minimum atomic E-state index is -0.487. The highest BCUT2D eigenvalue weighted by molar-refractivity contribution is 6.31. The molecule has 182 valence electrons. The van der Waals surface area contributed by atoms with E-state index in [0.717, 1.165) is 11.1 Å². The Morgan fingerprint density at radius 2 is 1.92 bits per heavy atom. The number of hydrogen-bond donors (Lipinski definition) is 1. The van der Waals surface area contributed by atoms with Crippen LogP contribution >= 0.6 is 11.6 Å². The van der Waals surface area contributed by atoms with Gasteiger partial charge in [0.15, 0.2) is 0 Å². The van der Waals surface area contributed by atoms with Gasteiger partial charge >= 0.3 is 0 Å². The number of carbonyl (C=O) groups is 1. The van der Waals surface area contributed by atoms with E-state index in [4.69, 9.17) is 22.1 Å². The Morgan fingerprint density at radius 1 is 1.11 bits per heavy atom. The molecule has 0 aliphatic carbocycles. The van der Waals surface area contributed by atoms with Crippen molar-refractivity contribution in [2.24, 2.45) is 0 Å². The second-order valence-corrected chi connectivity index (χ2v) is 8.94. The summed E-state index contributed by atoms with van der Waals surface area (Å²) in [6.45, 7) is 1.99. The minimum Gasteiger partial charge on any atom is -0.481 e. The lowest BCUT2D eigenvalue weighted by molar-refractivity contribution is 0.0625. The number of nitrogens with two attached hydrogens (primary N) is 1. The first-order valence-electron chi connectivity index (χ1n) is 11.3. The predicted octanol–water partition coefficient (Wildman–Crippen LogP) is 5.17. The number of rotatable bonds is 5. The fourth-order valence-electron chi connectivity index (χ4n) is 4.65. The number of pyridine rings is 1. The van der Waals surface area contributed by atoms with E-state index in [1.165, 1.54) is 19.2 Å². The van der Waals surface area contributed by atoms with Gasteiger partial charge in [-0.25, -0.2) is 19.3 Å². The monoisotopic (exact) mass is 503 g/mol. The van der Waals surface area contributed by atoms with E-state index in [1.54, 1.807) is 42.2 Å². The Hall–Kier alpha value is -4.04. The smallest absolute Gasteiger partial charge is 0.258 e. The summed E-state index contributed by atoms with van der Waals surface area (Å²) in [4.78, 5) is 28.8. The van der Waals surface area contributed by atoms with Gasteiger partial charge in [-0.1, -0.05) is 41.9 Å². The molecule has 36 heavy (non-hydrogen) atoms. The van der Waals surface area contributed by atoms with E-state index in [1.807, 2.05) is 18.2 Å². The maximum atomic E-state index is 14.5. The number of aryl methyl sites for hydroxylation is 1. The van der Waals surface area contributed by atoms with Crippen LogP contribution in [0.1, 0.15) is 38.9 Å². The first-order valence-corrected chi connectivity index (χ1v) is 11.7. The molecule has 4 aromatic rings. The molecule has 2 aromatic heterocycles. The van der Waals surface area contributed by atoms with Crippen molar-refractivity contribution in [3.63, 3.8) is 0 Å². The largest absolute Gasteiger partial charge is 0.481 e. The van der Waals surface area contributed by atoms with Crippen molar-refractivity contribution in [1.29, 1.82) is 0 Å². The maximum Gasteiger partial charge on any atom is 0.258 e. The molecule has 0 fully saturated rings. The van der Waals surface area contributed by atoms with Crippen LogP contribution in [0.3, 0.4) is 0 Å². The molecule has 1 aliphatic heterocycles. The quantitative estimate of drug-likeness (QED) is 0.404. The zero-order valence-electron chi connectivity index (χ0n) is 19.7. The Balaban J connectivity index is 1.69. The third-order valence-corrected chi connectivity index (χ3v) is 6.67. The number of nitrogen functional groups attached to an aromatic ring is 1. The van der Waals surface area contributed by atoms with Crippen molar-refractivity contribution in [1.82, 2.24) is 19.9 Å². The van der Waals surface area contributed by atoms with Crippen molar-refractivity contribution >= 4 is 23.5 Å². The molecule has 1 amide bonds. The summed E-state index contributed by atoms with van der Waals surface area (Å²) in [7, 11) is 1.52. The van der Waals surface area contributed by atoms with Crippen molar-refractivity contribution < 1.29 is 13.9 Å². The van der Waals surface area contributed by atoms with Gasteiger partial charge in [-0.05, 0) is 42.3 Å². The Bertz CT molecular complexity index is 1480. The number of aromatic nitrogens is 3. The molecule has 5 rings (SSSR count). The van der Waals surface area contributed by atoms with Gasteiger partial charge in [0, 0.05) is 29.6 Å². The first kappa shape index (κ1) is 23.7. The molecule has 7 nitrogen and oxygen atoms in total. The summed E-state index contributed by atoms with van der Waals surface area (Å²) in [6.07, 6.45) is 0.363. The number of methoxy groups -OCH3 is 1. The lowest BCUT2D eigenvalue weighted by Gasteiger charge is -2.38. The number of hydrogen-bond acceptors (Lipinski definition) is 6. The van der Waals surface area contributed by atoms with Gasteiger partial charge in [0.1, 0.15) is 5.82 Å². The molecule has 1 unspecified atom stereocenters. The molecule has 0 bridgehead atoms. The summed E-state index contributed by atoms with van der Waals surface area (Å²) in [6, 6.07) is 16.7. The molecule has 9 heteroatoms. The van der Waals surface area contributed by atoms with Crippen LogP contribution in [0, 0.1) is 12.7 Å². The van der Waals surface area contributed by atoms with Gasteiger partial charge < -0.3 is 15.4 Å². The van der Waals surface area contributed by atoms with Crippen molar-refractivity contribution in [2.75, 3.05) is 12.8 Å². The van der Waals surface area contributed by atoms with Crippen LogP contribution in [-0.4, -0.2) is 32.9 Å². The van der Waals surface area contributed by atoms with Crippen LogP contribution in [0.25, 0.3) is 11.3 Å². The Labute approximate surface area is 212 Å². The number of benzene rings is 2. The topological polar surface area (TPSA) is 94.2 Å². The third-order valence-electron chi connectivity index (χ3n) is 6.30.